The molecule has 0 unspecified atom stereocenters. The average molecular weight is 692 g/mol. The first-order valence-electron chi connectivity index (χ1n) is 15.2. The van der Waals surface area contributed by atoms with Crippen LogP contribution in [0.3, 0.4) is 0 Å². The van der Waals surface area contributed by atoms with Crippen molar-refractivity contribution in [3.05, 3.63) is 72.6 Å². The van der Waals surface area contributed by atoms with Gasteiger partial charge in [-0.3, -0.25) is 19.5 Å². The number of amides is 2. The van der Waals surface area contributed by atoms with Gasteiger partial charge < -0.3 is 25.3 Å². The number of nitrogens with zero attached hydrogens (tertiary/aromatic N) is 4. The molecule has 260 valence electrons. The van der Waals surface area contributed by atoms with E-state index >= 15 is 0 Å². The van der Waals surface area contributed by atoms with Crippen LogP contribution in [0.25, 0.3) is 10.8 Å². The second-order valence-electron chi connectivity index (χ2n) is 11.3. The Morgan fingerprint density at radius 3 is 2.35 bits per heavy atom. The monoisotopic (exact) mass is 691 g/mol. The van der Waals surface area contributed by atoms with Crippen LogP contribution in [-0.2, 0) is 25.7 Å². The first-order chi connectivity index (χ1) is 22.8. The number of aromatic nitrogens is 1. The number of alkyl halides is 3. The lowest BCUT2D eigenvalue weighted by Crippen LogP contribution is -2.50. The van der Waals surface area contributed by atoms with Crippen molar-refractivity contribution < 1.29 is 42.6 Å². The molecule has 1 fully saturated rings. The van der Waals surface area contributed by atoms with Gasteiger partial charge in [-0.25, -0.2) is 9.59 Å². The predicted octanol–water partition coefficient (Wildman–Crippen LogP) is 4.12. The first-order valence-corrected chi connectivity index (χ1v) is 16.6. The van der Waals surface area contributed by atoms with Crippen LogP contribution in [0.1, 0.15) is 24.8 Å². The van der Waals surface area contributed by atoms with Crippen molar-refractivity contribution in [3.63, 3.8) is 0 Å². The number of carboxylic acid groups (broad SMARTS) is 2. The molecule has 1 aliphatic rings. The lowest BCUT2D eigenvalue weighted by Gasteiger charge is -2.32. The number of rotatable bonds is 14. The minimum absolute atomic E-state index is 0.0390. The average Bonchev–Trinajstić information content (AvgIpc) is 3.51. The standard InChI is InChI=1S/C31H39N5O4S.C2HF3O2/c1-34(25-12-15-32-16-13-25)22-30(38)36-17-6-10-26(36)20-35(21-29(37)33-28(31(39)40)14-18-41-2)19-24-9-5-8-23-7-3-4-11-27(23)24;3-2(4,5)1(6)7/h3-5,7-9,11-13,15-16,26,28H,6,10,14,17-22H2,1-2H3,(H,33,37)(H,39,40);(H,6,7)/t26-,28-;/m0./s1. The van der Waals surface area contributed by atoms with Crippen LogP contribution in [0.5, 0.6) is 0 Å². The van der Waals surface area contributed by atoms with Gasteiger partial charge in [0.2, 0.25) is 11.8 Å². The van der Waals surface area contributed by atoms with E-state index in [4.69, 9.17) is 9.90 Å². The molecule has 0 spiro atoms. The fourth-order valence-corrected chi connectivity index (χ4v) is 5.90. The molecular weight excluding hydrogens is 651 g/mol. The highest BCUT2D eigenvalue weighted by atomic mass is 32.2. The number of hydrogen-bond acceptors (Lipinski definition) is 8. The molecule has 48 heavy (non-hydrogen) atoms. The van der Waals surface area contributed by atoms with Gasteiger partial charge in [0.05, 0.1) is 13.1 Å². The van der Waals surface area contributed by atoms with Crippen LogP contribution < -0.4 is 10.2 Å². The van der Waals surface area contributed by atoms with Crippen molar-refractivity contribution in [1.82, 2.24) is 20.1 Å². The normalized spacial score (nSPS) is 15.0. The van der Waals surface area contributed by atoms with Crippen molar-refractivity contribution in [2.45, 2.75) is 44.1 Å². The number of anilines is 1. The maximum Gasteiger partial charge on any atom is 0.490 e. The van der Waals surface area contributed by atoms with Gasteiger partial charge in [0.1, 0.15) is 6.04 Å². The molecule has 15 heteroatoms. The van der Waals surface area contributed by atoms with Gasteiger partial charge >= 0.3 is 18.1 Å². The Bertz CT molecular complexity index is 1530. The molecule has 11 nitrogen and oxygen atoms in total. The third-order valence-electron chi connectivity index (χ3n) is 7.77. The highest BCUT2D eigenvalue weighted by Gasteiger charge is 2.38. The van der Waals surface area contributed by atoms with Gasteiger partial charge in [-0.05, 0) is 59.7 Å². The van der Waals surface area contributed by atoms with E-state index in [9.17, 15) is 32.7 Å². The molecule has 4 rings (SSSR count). The molecule has 2 aromatic carbocycles. The number of halogens is 3. The van der Waals surface area contributed by atoms with E-state index in [-0.39, 0.29) is 30.9 Å². The summed E-state index contributed by atoms with van der Waals surface area (Å²) in [4.78, 5) is 57.2. The van der Waals surface area contributed by atoms with E-state index in [2.05, 4.69) is 34.6 Å². The Morgan fingerprint density at radius 1 is 1.04 bits per heavy atom. The second-order valence-corrected chi connectivity index (χ2v) is 12.3. The number of likely N-dealkylation sites (tertiary alicyclic amines) is 1. The van der Waals surface area contributed by atoms with Crippen LogP contribution in [0, 0.1) is 0 Å². The summed E-state index contributed by atoms with van der Waals surface area (Å²) in [7, 11) is 1.89. The van der Waals surface area contributed by atoms with Crippen LogP contribution in [0.15, 0.2) is 67.0 Å². The highest BCUT2D eigenvalue weighted by Crippen LogP contribution is 2.24. The van der Waals surface area contributed by atoms with Crippen molar-refractivity contribution in [2.75, 3.05) is 50.1 Å². The van der Waals surface area contributed by atoms with E-state index in [0.717, 1.165) is 34.9 Å². The van der Waals surface area contributed by atoms with Crippen LogP contribution in [0.2, 0.25) is 0 Å². The fourth-order valence-electron chi connectivity index (χ4n) is 5.43. The number of pyridine rings is 1. The lowest BCUT2D eigenvalue weighted by atomic mass is 10.0. The quantitative estimate of drug-likeness (QED) is 0.226. The topological polar surface area (TPSA) is 143 Å². The van der Waals surface area contributed by atoms with Gasteiger partial charge in [0.15, 0.2) is 0 Å². The van der Waals surface area contributed by atoms with Gasteiger partial charge in [-0.15, -0.1) is 0 Å². The number of aliphatic carboxylic acids is 2. The summed E-state index contributed by atoms with van der Waals surface area (Å²) in [6.45, 7) is 2.00. The van der Waals surface area contributed by atoms with E-state index in [0.29, 0.717) is 31.8 Å². The molecule has 0 saturated carbocycles. The molecule has 0 radical (unpaired) electrons. The van der Waals surface area contributed by atoms with E-state index < -0.39 is 24.2 Å². The van der Waals surface area contributed by atoms with Crippen molar-refractivity contribution in [3.8, 4) is 0 Å². The largest absolute Gasteiger partial charge is 0.490 e. The molecule has 2 amide bonds. The third kappa shape index (κ3) is 11.7. The Labute approximate surface area is 281 Å². The first kappa shape index (κ1) is 38.1. The fraction of sp³-hybridized carbons (Fsp3) is 0.424. The zero-order valence-electron chi connectivity index (χ0n) is 26.7. The van der Waals surface area contributed by atoms with Crippen LogP contribution in [-0.4, -0.2) is 112 Å². The maximum absolute atomic E-state index is 13.4. The molecular formula is C33H40F3N5O6S. The number of hydrogen-bond donors (Lipinski definition) is 3. The highest BCUT2D eigenvalue weighted by molar-refractivity contribution is 7.98. The smallest absolute Gasteiger partial charge is 0.480 e. The summed E-state index contributed by atoms with van der Waals surface area (Å²) < 4.78 is 31.7. The molecule has 1 saturated heterocycles. The number of likely N-dealkylation sites (N-methyl/N-ethyl adjacent to an activating group) is 1. The van der Waals surface area contributed by atoms with E-state index in [1.54, 1.807) is 24.2 Å². The summed E-state index contributed by atoms with van der Waals surface area (Å²) in [5.41, 5.74) is 2.01. The van der Waals surface area contributed by atoms with Crippen molar-refractivity contribution >= 4 is 52.0 Å². The Kier molecular flexibility index (Phi) is 14.5. The summed E-state index contributed by atoms with van der Waals surface area (Å²) >= 11 is 1.55. The lowest BCUT2D eigenvalue weighted by molar-refractivity contribution is -0.192. The molecule has 3 N–H and O–H groups in total. The summed E-state index contributed by atoms with van der Waals surface area (Å²) in [6, 6.07) is 17.1. The number of nitrogens with one attached hydrogen (secondary N) is 1. The van der Waals surface area contributed by atoms with Crippen molar-refractivity contribution in [1.29, 1.82) is 0 Å². The molecule has 1 aromatic heterocycles. The second kappa shape index (κ2) is 18.2. The number of fused-ring (bicyclic) bond motifs is 1. The number of benzene rings is 2. The van der Waals surface area contributed by atoms with Gasteiger partial charge in [0.25, 0.3) is 0 Å². The van der Waals surface area contributed by atoms with Crippen molar-refractivity contribution in [2.24, 2.45) is 0 Å². The van der Waals surface area contributed by atoms with Gasteiger partial charge in [0, 0.05) is 50.8 Å². The Balaban J connectivity index is 0.000000804. The molecule has 3 aromatic rings. The Hall–Kier alpha value is -4.37. The number of carboxylic acids is 2. The van der Waals surface area contributed by atoms with Crippen LogP contribution >= 0.6 is 11.8 Å². The predicted molar refractivity (Wildman–Crippen MR) is 178 cm³/mol. The molecule has 1 aliphatic heterocycles. The number of carbonyl (C=O) groups excluding carboxylic acids is 2. The number of thioether (sulfide) groups is 1. The van der Waals surface area contributed by atoms with Crippen LogP contribution in [0.4, 0.5) is 18.9 Å². The Morgan fingerprint density at radius 2 is 1.71 bits per heavy atom. The zero-order valence-corrected chi connectivity index (χ0v) is 27.5. The molecule has 0 aliphatic carbocycles. The maximum atomic E-state index is 13.4. The number of carbonyl (C=O) groups is 4. The minimum Gasteiger partial charge on any atom is -0.480 e. The van der Waals surface area contributed by atoms with Gasteiger partial charge in [-0.2, -0.15) is 24.9 Å². The molecule has 2 heterocycles. The van der Waals surface area contributed by atoms with Gasteiger partial charge in [-0.1, -0.05) is 42.5 Å². The summed E-state index contributed by atoms with van der Waals surface area (Å²) in [5, 5.41) is 21.7. The van der Waals surface area contributed by atoms with E-state index in [1.165, 1.54) is 0 Å². The third-order valence-corrected chi connectivity index (χ3v) is 8.41. The minimum atomic E-state index is -5.08. The summed E-state index contributed by atoms with van der Waals surface area (Å²) in [6.07, 6.45) is 2.36. The summed E-state index contributed by atoms with van der Waals surface area (Å²) in [5.74, 6) is -3.42. The zero-order chi connectivity index (χ0) is 35.3. The van der Waals surface area contributed by atoms with E-state index in [1.807, 2.05) is 58.3 Å². The SMILES string of the molecule is CSCC[C@H](NC(=O)CN(Cc1cccc2ccccc12)C[C@@H]1CCCN1C(=O)CN(C)c1ccncc1)C(=O)O.O=C(O)C(F)(F)F. The molecule has 2 atom stereocenters. The molecule has 0 bridgehead atoms.